The van der Waals surface area contributed by atoms with E-state index in [4.69, 9.17) is 0 Å². The summed E-state index contributed by atoms with van der Waals surface area (Å²) < 4.78 is 3.31. The van der Waals surface area contributed by atoms with Gasteiger partial charge in [-0.3, -0.25) is 14.3 Å². The quantitative estimate of drug-likeness (QED) is 0.809. The summed E-state index contributed by atoms with van der Waals surface area (Å²) in [7, 11) is 3.73. The molecule has 3 heterocycles. The molecule has 1 aliphatic heterocycles. The minimum Gasteiger partial charge on any atom is -0.340 e. The molecule has 0 aromatic carbocycles. The summed E-state index contributed by atoms with van der Waals surface area (Å²) in [6.45, 7) is 8.19. The fraction of sp³-hybridized carbons (Fsp3) is 0.562. The first-order valence-corrected chi connectivity index (χ1v) is 8.15. The van der Waals surface area contributed by atoms with Gasteiger partial charge in [0.25, 0.3) is 5.56 Å². The first kappa shape index (κ1) is 16.5. The molecule has 0 amide bonds. The van der Waals surface area contributed by atoms with Crippen molar-refractivity contribution in [3.05, 3.63) is 32.5 Å². The van der Waals surface area contributed by atoms with Gasteiger partial charge in [0.2, 0.25) is 5.95 Å². The van der Waals surface area contributed by atoms with Crippen molar-refractivity contribution in [3.63, 3.8) is 0 Å². The minimum atomic E-state index is -0.440. The van der Waals surface area contributed by atoms with E-state index in [0.717, 1.165) is 32.1 Å². The summed E-state index contributed by atoms with van der Waals surface area (Å²) in [5.74, 6) is 0.752. The lowest BCUT2D eigenvalue weighted by atomic mass is 10.3. The first-order valence-electron chi connectivity index (χ1n) is 8.15. The Morgan fingerprint density at radius 1 is 1.17 bits per heavy atom. The van der Waals surface area contributed by atoms with Gasteiger partial charge in [-0.2, -0.15) is 4.98 Å². The molecule has 1 aliphatic rings. The number of hydrogen-bond acceptors (Lipinski definition) is 5. The predicted molar refractivity (Wildman–Crippen MR) is 94.7 cm³/mol. The fourth-order valence-electron chi connectivity index (χ4n) is 2.92. The van der Waals surface area contributed by atoms with E-state index in [1.165, 1.54) is 10.1 Å². The Labute approximate surface area is 140 Å². The fourth-order valence-corrected chi connectivity index (χ4v) is 2.92. The SMILES string of the molecule is CC(C)=CCn1c(N2CCN(C)CC2)nc2c1c(=O)[nH]c(=O)n2C. The molecule has 1 N–H and O–H groups in total. The number of hydrogen-bond donors (Lipinski definition) is 1. The highest BCUT2D eigenvalue weighted by molar-refractivity contribution is 5.74. The number of likely N-dealkylation sites (N-methyl/N-ethyl adjacent to an activating group) is 1. The van der Waals surface area contributed by atoms with Crippen LogP contribution in [0.5, 0.6) is 0 Å². The van der Waals surface area contributed by atoms with Crippen LogP contribution in [-0.2, 0) is 13.6 Å². The number of allylic oxidation sites excluding steroid dienone is 2. The van der Waals surface area contributed by atoms with E-state index in [9.17, 15) is 9.59 Å². The molecule has 2 aromatic heterocycles. The lowest BCUT2D eigenvalue weighted by Crippen LogP contribution is -2.45. The molecule has 0 radical (unpaired) electrons. The number of nitrogens with zero attached hydrogens (tertiary/aromatic N) is 5. The van der Waals surface area contributed by atoms with Crippen LogP contribution in [0, 0.1) is 0 Å². The third-order valence-corrected chi connectivity index (χ3v) is 4.46. The van der Waals surface area contributed by atoms with Gasteiger partial charge in [0.15, 0.2) is 11.2 Å². The smallest absolute Gasteiger partial charge is 0.329 e. The largest absolute Gasteiger partial charge is 0.340 e. The van der Waals surface area contributed by atoms with Crippen molar-refractivity contribution >= 4 is 17.1 Å². The van der Waals surface area contributed by atoms with Crippen molar-refractivity contribution in [1.82, 2.24) is 24.0 Å². The van der Waals surface area contributed by atoms with Crippen molar-refractivity contribution in [3.8, 4) is 0 Å². The van der Waals surface area contributed by atoms with Gasteiger partial charge in [-0.25, -0.2) is 4.79 Å². The molecule has 130 valence electrons. The van der Waals surface area contributed by atoms with Gasteiger partial charge in [0.05, 0.1) is 0 Å². The standard InChI is InChI=1S/C16H24N6O2/c1-11(2)5-6-22-12-13(20(4)16(24)18-14(12)23)17-15(22)21-9-7-19(3)8-10-21/h5H,6-10H2,1-4H3,(H,18,23,24). The molecule has 8 heteroatoms. The highest BCUT2D eigenvalue weighted by Crippen LogP contribution is 2.21. The van der Waals surface area contributed by atoms with E-state index >= 15 is 0 Å². The second kappa shape index (κ2) is 6.27. The topological polar surface area (TPSA) is 79.2 Å². The maximum absolute atomic E-state index is 12.4. The molecule has 1 saturated heterocycles. The van der Waals surface area contributed by atoms with E-state index in [1.807, 2.05) is 18.4 Å². The number of anilines is 1. The van der Waals surface area contributed by atoms with Crippen molar-refractivity contribution in [2.24, 2.45) is 7.05 Å². The molecular weight excluding hydrogens is 308 g/mol. The maximum atomic E-state index is 12.4. The molecule has 24 heavy (non-hydrogen) atoms. The molecule has 3 rings (SSSR count). The third kappa shape index (κ3) is 2.89. The lowest BCUT2D eigenvalue weighted by Gasteiger charge is -2.33. The normalized spacial score (nSPS) is 15.9. The van der Waals surface area contributed by atoms with E-state index < -0.39 is 5.69 Å². The van der Waals surface area contributed by atoms with Crippen LogP contribution in [0.15, 0.2) is 21.2 Å². The van der Waals surface area contributed by atoms with E-state index in [0.29, 0.717) is 17.7 Å². The van der Waals surface area contributed by atoms with Gasteiger partial charge in [-0.1, -0.05) is 11.6 Å². The molecule has 0 bridgehead atoms. The van der Waals surface area contributed by atoms with Crippen LogP contribution in [-0.4, -0.2) is 57.2 Å². The Bertz CT molecular complexity index is 892. The number of aryl methyl sites for hydroxylation is 1. The number of piperazine rings is 1. The highest BCUT2D eigenvalue weighted by Gasteiger charge is 2.23. The van der Waals surface area contributed by atoms with E-state index in [2.05, 4.69) is 32.9 Å². The van der Waals surface area contributed by atoms with Gasteiger partial charge in [0, 0.05) is 39.8 Å². The van der Waals surface area contributed by atoms with Gasteiger partial charge in [-0.05, 0) is 20.9 Å². The zero-order valence-corrected chi connectivity index (χ0v) is 14.7. The monoisotopic (exact) mass is 332 g/mol. The first-order chi connectivity index (χ1) is 11.4. The number of imidazole rings is 1. The Hall–Kier alpha value is -2.35. The second-order valence-electron chi connectivity index (χ2n) is 6.58. The number of aromatic nitrogens is 4. The van der Waals surface area contributed by atoms with Crippen molar-refractivity contribution in [2.45, 2.75) is 20.4 Å². The predicted octanol–water partition coefficient (Wildman–Crippen LogP) is 0.141. The zero-order chi connectivity index (χ0) is 17.4. The Morgan fingerprint density at radius 3 is 2.46 bits per heavy atom. The van der Waals surface area contributed by atoms with Gasteiger partial charge in [-0.15, -0.1) is 0 Å². The highest BCUT2D eigenvalue weighted by atomic mass is 16.2. The van der Waals surface area contributed by atoms with Crippen molar-refractivity contribution < 1.29 is 0 Å². The summed E-state index contributed by atoms with van der Waals surface area (Å²) in [5, 5.41) is 0. The molecule has 8 nitrogen and oxygen atoms in total. The number of H-pyrrole nitrogens is 1. The van der Waals surface area contributed by atoms with Crippen LogP contribution in [0.4, 0.5) is 5.95 Å². The Morgan fingerprint density at radius 2 is 1.83 bits per heavy atom. The molecule has 0 atom stereocenters. The van der Waals surface area contributed by atoms with Crippen molar-refractivity contribution in [2.75, 3.05) is 38.1 Å². The maximum Gasteiger partial charge on any atom is 0.329 e. The Balaban J connectivity index is 2.20. The van der Waals surface area contributed by atoms with Crippen LogP contribution in [0.3, 0.4) is 0 Å². The molecule has 0 saturated carbocycles. The number of fused-ring (bicyclic) bond motifs is 1. The van der Waals surface area contributed by atoms with Crippen LogP contribution < -0.4 is 16.1 Å². The molecule has 0 aliphatic carbocycles. The van der Waals surface area contributed by atoms with E-state index in [-0.39, 0.29) is 5.56 Å². The zero-order valence-electron chi connectivity index (χ0n) is 14.7. The third-order valence-electron chi connectivity index (χ3n) is 4.46. The number of aromatic amines is 1. The lowest BCUT2D eigenvalue weighted by molar-refractivity contribution is 0.310. The molecule has 1 fully saturated rings. The molecule has 0 unspecified atom stereocenters. The Kier molecular flexibility index (Phi) is 4.31. The second-order valence-corrected chi connectivity index (χ2v) is 6.58. The summed E-state index contributed by atoms with van der Waals surface area (Å²) in [6, 6.07) is 0. The molecular formula is C16H24N6O2. The van der Waals surface area contributed by atoms with Crippen LogP contribution in [0.1, 0.15) is 13.8 Å². The number of nitrogens with one attached hydrogen (secondary N) is 1. The van der Waals surface area contributed by atoms with Gasteiger partial charge in [0.1, 0.15) is 0 Å². The van der Waals surface area contributed by atoms with Crippen LogP contribution in [0.2, 0.25) is 0 Å². The average Bonchev–Trinajstić information content (AvgIpc) is 2.91. The van der Waals surface area contributed by atoms with Crippen LogP contribution >= 0.6 is 0 Å². The van der Waals surface area contributed by atoms with Crippen molar-refractivity contribution in [1.29, 1.82) is 0 Å². The summed E-state index contributed by atoms with van der Waals surface area (Å²) >= 11 is 0. The van der Waals surface area contributed by atoms with Crippen LogP contribution in [0.25, 0.3) is 11.2 Å². The van der Waals surface area contributed by atoms with Gasteiger partial charge >= 0.3 is 5.69 Å². The molecule has 0 spiro atoms. The summed E-state index contributed by atoms with van der Waals surface area (Å²) in [5.41, 5.74) is 1.22. The van der Waals surface area contributed by atoms with Gasteiger partial charge < -0.3 is 14.4 Å². The van der Waals surface area contributed by atoms with E-state index in [1.54, 1.807) is 7.05 Å². The number of rotatable bonds is 3. The average molecular weight is 332 g/mol. The summed E-state index contributed by atoms with van der Waals surface area (Å²) in [4.78, 5) is 35.7. The minimum absolute atomic E-state index is 0.386. The summed E-state index contributed by atoms with van der Waals surface area (Å²) in [6.07, 6.45) is 2.06. The molecule has 2 aromatic rings.